The Hall–Kier alpha value is -0.570. The van der Waals surface area contributed by atoms with Gasteiger partial charge in [-0.15, -0.1) is 0 Å². The molecule has 0 aromatic carbocycles. The highest BCUT2D eigenvalue weighted by molar-refractivity contribution is 5.81. The molecular formula is C16H34N2O. The Morgan fingerprint density at radius 2 is 1.42 bits per heavy atom. The third kappa shape index (κ3) is 12.2. The van der Waals surface area contributed by atoms with E-state index in [0.717, 1.165) is 32.2 Å². The van der Waals surface area contributed by atoms with Crippen molar-refractivity contribution in [3.63, 3.8) is 0 Å². The smallest absolute Gasteiger partial charge is 0.236 e. The van der Waals surface area contributed by atoms with E-state index < -0.39 is 0 Å². The fraction of sp³-hybridized carbons (Fsp3) is 0.938. The van der Waals surface area contributed by atoms with Crippen LogP contribution in [0.1, 0.15) is 84.5 Å². The van der Waals surface area contributed by atoms with E-state index in [9.17, 15) is 4.79 Å². The summed E-state index contributed by atoms with van der Waals surface area (Å²) in [6, 6.07) is -0.311. The predicted octanol–water partition coefficient (Wildman–Crippen LogP) is 3.76. The van der Waals surface area contributed by atoms with Crippen LogP contribution in [0.15, 0.2) is 0 Å². The molecule has 0 aliphatic carbocycles. The summed E-state index contributed by atoms with van der Waals surface area (Å²) in [6.07, 6.45) is 13.3. The van der Waals surface area contributed by atoms with E-state index in [2.05, 4.69) is 19.2 Å². The van der Waals surface area contributed by atoms with Crippen LogP contribution in [-0.2, 0) is 4.79 Å². The fourth-order valence-electron chi connectivity index (χ4n) is 2.16. The standard InChI is InChI=1S/C16H34N2O/c1-3-5-7-8-9-10-11-12-14-18-16(19)15(17)13-6-4-2/h15H,3-14,17H2,1-2H3,(H,18,19). The Balaban J connectivity index is 3.27. The maximum atomic E-state index is 11.6. The molecule has 0 spiro atoms. The van der Waals surface area contributed by atoms with Crippen LogP contribution in [0.5, 0.6) is 0 Å². The Morgan fingerprint density at radius 1 is 0.895 bits per heavy atom. The van der Waals surface area contributed by atoms with Crippen molar-refractivity contribution < 1.29 is 4.79 Å². The molecule has 0 heterocycles. The maximum Gasteiger partial charge on any atom is 0.236 e. The Labute approximate surface area is 119 Å². The number of nitrogens with one attached hydrogen (secondary N) is 1. The van der Waals surface area contributed by atoms with E-state index in [1.54, 1.807) is 0 Å². The molecule has 0 aliphatic rings. The zero-order chi connectivity index (χ0) is 14.3. The van der Waals surface area contributed by atoms with Gasteiger partial charge in [-0.2, -0.15) is 0 Å². The summed E-state index contributed by atoms with van der Waals surface area (Å²) in [5.41, 5.74) is 5.80. The van der Waals surface area contributed by atoms with Crippen LogP contribution in [-0.4, -0.2) is 18.5 Å². The summed E-state index contributed by atoms with van der Waals surface area (Å²) in [6.45, 7) is 5.15. The van der Waals surface area contributed by atoms with Gasteiger partial charge in [-0.25, -0.2) is 0 Å². The van der Waals surface area contributed by atoms with Crippen molar-refractivity contribution >= 4 is 5.91 Å². The first kappa shape index (κ1) is 18.4. The largest absolute Gasteiger partial charge is 0.355 e. The number of rotatable bonds is 13. The lowest BCUT2D eigenvalue weighted by atomic mass is 10.1. The van der Waals surface area contributed by atoms with E-state index in [1.165, 1.54) is 44.9 Å². The number of nitrogens with two attached hydrogens (primary N) is 1. The van der Waals surface area contributed by atoms with E-state index in [-0.39, 0.29) is 11.9 Å². The molecule has 0 fully saturated rings. The van der Waals surface area contributed by atoms with E-state index in [4.69, 9.17) is 5.73 Å². The number of amides is 1. The quantitative estimate of drug-likeness (QED) is 0.501. The van der Waals surface area contributed by atoms with Crippen LogP contribution in [0.2, 0.25) is 0 Å². The number of carbonyl (C=O) groups is 1. The molecule has 0 bridgehead atoms. The summed E-state index contributed by atoms with van der Waals surface area (Å²) in [5.74, 6) is 0.0244. The molecule has 0 saturated heterocycles. The lowest BCUT2D eigenvalue weighted by Crippen LogP contribution is -2.40. The molecular weight excluding hydrogens is 236 g/mol. The van der Waals surface area contributed by atoms with Gasteiger partial charge in [0.25, 0.3) is 0 Å². The number of hydrogen-bond acceptors (Lipinski definition) is 2. The first-order valence-electron chi connectivity index (χ1n) is 8.25. The zero-order valence-electron chi connectivity index (χ0n) is 13.0. The molecule has 3 nitrogen and oxygen atoms in total. The molecule has 3 heteroatoms. The zero-order valence-corrected chi connectivity index (χ0v) is 13.0. The van der Waals surface area contributed by atoms with Crippen LogP contribution >= 0.6 is 0 Å². The average Bonchev–Trinajstić information content (AvgIpc) is 2.42. The monoisotopic (exact) mass is 270 g/mol. The normalized spacial score (nSPS) is 12.4. The lowest BCUT2D eigenvalue weighted by molar-refractivity contribution is -0.122. The maximum absolute atomic E-state index is 11.6. The summed E-state index contributed by atoms with van der Waals surface area (Å²) >= 11 is 0. The Kier molecular flexibility index (Phi) is 13.4. The lowest BCUT2D eigenvalue weighted by Gasteiger charge is -2.11. The fourth-order valence-corrected chi connectivity index (χ4v) is 2.16. The average molecular weight is 270 g/mol. The molecule has 0 radical (unpaired) electrons. The first-order valence-corrected chi connectivity index (χ1v) is 8.25. The van der Waals surface area contributed by atoms with Crippen LogP contribution in [0.25, 0.3) is 0 Å². The number of carbonyl (C=O) groups excluding carboxylic acids is 1. The van der Waals surface area contributed by atoms with Gasteiger partial charge in [0, 0.05) is 6.54 Å². The van der Waals surface area contributed by atoms with Crippen LogP contribution < -0.4 is 11.1 Å². The van der Waals surface area contributed by atoms with Crippen molar-refractivity contribution in [2.45, 2.75) is 90.5 Å². The molecule has 0 saturated carbocycles. The minimum absolute atomic E-state index is 0.0244. The van der Waals surface area contributed by atoms with Crippen molar-refractivity contribution in [1.29, 1.82) is 0 Å². The van der Waals surface area contributed by atoms with Crippen molar-refractivity contribution in [3.8, 4) is 0 Å². The van der Waals surface area contributed by atoms with E-state index in [1.807, 2.05) is 0 Å². The summed E-state index contributed by atoms with van der Waals surface area (Å²) in [4.78, 5) is 11.6. The highest BCUT2D eigenvalue weighted by Crippen LogP contribution is 2.07. The topological polar surface area (TPSA) is 55.1 Å². The Bertz CT molecular complexity index is 207. The molecule has 1 unspecified atom stereocenters. The van der Waals surface area contributed by atoms with Gasteiger partial charge in [0.1, 0.15) is 0 Å². The molecule has 0 aliphatic heterocycles. The molecule has 3 N–H and O–H groups in total. The second-order valence-corrected chi connectivity index (χ2v) is 5.51. The molecule has 1 amide bonds. The highest BCUT2D eigenvalue weighted by Gasteiger charge is 2.11. The molecule has 1 atom stereocenters. The van der Waals surface area contributed by atoms with Crippen molar-refractivity contribution in [2.75, 3.05) is 6.54 Å². The molecule has 0 aromatic rings. The summed E-state index contributed by atoms with van der Waals surface area (Å²) in [7, 11) is 0. The second kappa shape index (κ2) is 13.9. The number of hydrogen-bond donors (Lipinski definition) is 2. The second-order valence-electron chi connectivity index (χ2n) is 5.51. The van der Waals surface area contributed by atoms with Gasteiger partial charge in [0.05, 0.1) is 6.04 Å². The van der Waals surface area contributed by atoms with Crippen molar-refractivity contribution in [3.05, 3.63) is 0 Å². The third-order valence-electron chi connectivity index (χ3n) is 3.54. The first-order chi connectivity index (χ1) is 9.22. The minimum atomic E-state index is -0.311. The van der Waals surface area contributed by atoms with Gasteiger partial charge in [0.2, 0.25) is 5.91 Å². The van der Waals surface area contributed by atoms with Gasteiger partial charge in [0.15, 0.2) is 0 Å². The summed E-state index contributed by atoms with van der Waals surface area (Å²) < 4.78 is 0. The van der Waals surface area contributed by atoms with Gasteiger partial charge in [-0.1, -0.05) is 71.6 Å². The molecule has 114 valence electrons. The molecule has 0 aromatic heterocycles. The van der Waals surface area contributed by atoms with Gasteiger partial charge in [-0.3, -0.25) is 4.79 Å². The SMILES string of the molecule is CCCCCCCCCCNC(=O)C(N)CCCC. The van der Waals surface area contributed by atoms with Gasteiger partial charge < -0.3 is 11.1 Å². The molecule has 0 rings (SSSR count). The minimum Gasteiger partial charge on any atom is -0.355 e. The van der Waals surface area contributed by atoms with Crippen LogP contribution in [0.4, 0.5) is 0 Å². The predicted molar refractivity (Wildman–Crippen MR) is 83.1 cm³/mol. The third-order valence-corrected chi connectivity index (χ3v) is 3.54. The van der Waals surface area contributed by atoms with Crippen LogP contribution in [0, 0.1) is 0 Å². The van der Waals surface area contributed by atoms with Gasteiger partial charge in [-0.05, 0) is 12.8 Å². The Morgan fingerprint density at radius 3 is 2.00 bits per heavy atom. The summed E-state index contributed by atoms with van der Waals surface area (Å²) in [5, 5.41) is 2.94. The van der Waals surface area contributed by atoms with E-state index >= 15 is 0 Å². The molecule has 19 heavy (non-hydrogen) atoms. The van der Waals surface area contributed by atoms with E-state index in [0.29, 0.717) is 0 Å². The number of unbranched alkanes of at least 4 members (excludes halogenated alkanes) is 8. The van der Waals surface area contributed by atoms with Crippen molar-refractivity contribution in [1.82, 2.24) is 5.32 Å². The highest BCUT2D eigenvalue weighted by atomic mass is 16.2. The van der Waals surface area contributed by atoms with Crippen LogP contribution in [0.3, 0.4) is 0 Å². The van der Waals surface area contributed by atoms with Gasteiger partial charge >= 0.3 is 0 Å². The van der Waals surface area contributed by atoms with Crippen molar-refractivity contribution in [2.24, 2.45) is 5.73 Å².